The van der Waals surface area contributed by atoms with Gasteiger partial charge in [-0.2, -0.15) is 4.31 Å². The van der Waals surface area contributed by atoms with Crippen molar-refractivity contribution in [3.05, 3.63) is 42.0 Å². The summed E-state index contributed by atoms with van der Waals surface area (Å²) in [5.41, 5.74) is 1.10. The molecular formula is C19H24N4O4S. The summed E-state index contributed by atoms with van der Waals surface area (Å²) in [7, 11) is -2.18. The number of methoxy groups -OCH3 is 1. The normalized spacial score (nSPS) is 15.6. The Morgan fingerprint density at radius 1 is 1.11 bits per heavy atom. The van der Waals surface area contributed by atoms with Crippen molar-refractivity contribution >= 4 is 21.6 Å². The summed E-state index contributed by atoms with van der Waals surface area (Å²) in [6.07, 6.45) is 6.64. The number of benzene rings is 1. The SMILES string of the molecule is COc1ccc(S(=O)(=O)N2CCCCCC2)cc1NC(=O)c1cnc(C)cn1. The predicted octanol–water partition coefficient (Wildman–Crippen LogP) is 2.61. The van der Waals surface area contributed by atoms with Crippen LogP contribution in [0.1, 0.15) is 41.9 Å². The second kappa shape index (κ2) is 8.66. The van der Waals surface area contributed by atoms with E-state index in [9.17, 15) is 13.2 Å². The van der Waals surface area contributed by atoms with Crippen LogP contribution in [0, 0.1) is 6.92 Å². The monoisotopic (exact) mass is 404 g/mol. The van der Waals surface area contributed by atoms with Crippen molar-refractivity contribution in [3.8, 4) is 5.75 Å². The Bertz CT molecular complexity index is 937. The maximum atomic E-state index is 13.0. The van der Waals surface area contributed by atoms with Crippen LogP contribution in [-0.4, -0.2) is 48.8 Å². The number of carbonyl (C=O) groups is 1. The van der Waals surface area contributed by atoms with Gasteiger partial charge in [-0.1, -0.05) is 12.8 Å². The summed E-state index contributed by atoms with van der Waals surface area (Å²) in [4.78, 5) is 20.7. The van der Waals surface area contributed by atoms with Crippen LogP contribution >= 0.6 is 0 Å². The van der Waals surface area contributed by atoms with Crippen LogP contribution < -0.4 is 10.1 Å². The molecule has 3 rings (SSSR count). The number of sulfonamides is 1. The zero-order valence-corrected chi connectivity index (χ0v) is 16.8. The number of hydrogen-bond donors (Lipinski definition) is 1. The van der Waals surface area contributed by atoms with Crippen molar-refractivity contribution < 1.29 is 17.9 Å². The highest BCUT2D eigenvalue weighted by Gasteiger charge is 2.26. The number of aromatic nitrogens is 2. The standard InChI is InChI=1S/C19H24N4O4S/c1-14-12-21-17(13-20-14)19(24)22-16-11-15(7-8-18(16)27-2)28(25,26)23-9-5-3-4-6-10-23/h7-8,11-13H,3-6,9-10H2,1-2H3,(H,22,24). The van der Waals surface area contributed by atoms with Crippen LogP contribution in [0.15, 0.2) is 35.5 Å². The highest BCUT2D eigenvalue weighted by molar-refractivity contribution is 7.89. The fourth-order valence-electron chi connectivity index (χ4n) is 3.07. The highest BCUT2D eigenvalue weighted by Crippen LogP contribution is 2.30. The van der Waals surface area contributed by atoms with Gasteiger partial charge in [0.25, 0.3) is 5.91 Å². The van der Waals surface area contributed by atoms with Gasteiger partial charge in [-0.25, -0.2) is 13.4 Å². The van der Waals surface area contributed by atoms with E-state index in [1.165, 1.54) is 35.9 Å². The first-order chi connectivity index (χ1) is 13.4. The van der Waals surface area contributed by atoms with E-state index in [-0.39, 0.29) is 16.3 Å². The maximum Gasteiger partial charge on any atom is 0.275 e. The predicted molar refractivity (Wildman–Crippen MR) is 105 cm³/mol. The number of carbonyl (C=O) groups excluding carboxylic acids is 1. The molecule has 28 heavy (non-hydrogen) atoms. The molecule has 0 spiro atoms. The Hall–Kier alpha value is -2.52. The van der Waals surface area contributed by atoms with Crippen LogP contribution in [0.25, 0.3) is 0 Å². The molecule has 0 radical (unpaired) electrons. The zero-order chi connectivity index (χ0) is 20.1. The van der Waals surface area contributed by atoms with E-state index in [1.54, 1.807) is 13.0 Å². The number of anilines is 1. The molecule has 150 valence electrons. The zero-order valence-electron chi connectivity index (χ0n) is 16.0. The largest absolute Gasteiger partial charge is 0.495 e. The fraction of sp³-hybridized carbons (Fsp3) is 0.421. The minimum absolute atomic E-state index is 0.125. The van der Waals surface area contributed by atoms with Gasteiger partial charge in [0.1, 0.15) is 11.4 Å². The summed E-state index contributed by atoms with van der Waals surface area (Å²) >= 11 is 0. The number of rotatable bonds is 5. The van der Waals surface area contributed by atoms with Crippen LogP contribution in [0.4, 0.5) is 5.69 Å². The quantitative estimate of drug-likeness (QED) is 0.822. The van der Waals surface area contributed by atoms with Gasteiger partial charge in [-0.3, -0.25) is 9.78 Å². The van der Waals surface area contributed by atoms with Crippen LogP contribution in [-0.2, 0) is 10.0 Å². The first-order valence-corrected chi connectivity index (χ1v) is 10.6. The lowest BCUT2D eigenvalue weighted by Crippen LogP contribution is -2.32. The lowest BCUT2D eigenvalue weighted by atomic mass is 10.2. The van der Waals surface area contributed by atoms with Gasteiger partial charge in [0.2, 0.25) is 10.0 Å². The molecule has 1 aromatic carbocycles. The molecular weight excluding hydrogens is 380 g/mol. The van der Waals surface area contributed by atoms with Crippen molar-refractivity contribution in [2.75, 3.05) is 25.5 Å². The van der Waals surface area contributed by atoms with E-state index < -0.39 is 15.9 Å². The molecule has 1 amide bonds. The second-order valence-corrected chi connectivity index (χ2v) is 8.62. The average molecular weight is 404 g/mol. The van der Waals surface area contributed by atoms with E-state index in [0.717, 1.165) is 25.7 Å². The molecule has 1 saturated heterocycles. The van der Waals surface area contributed by atoms with Gasteiger partial charge in [0.05, 0.1) is 29.6 Å². The Kier molecular flexibility index (Phi) is 6.25. The summed E-state index contributed by atoms with van der Waals surface area (Å²) in [5, 5.41) is 2.68. The summed E-state index contributed by atoms with van der Waals surface area (Å²) in [5.74, 6) is -0.127. The lowest BCUT2D eigenvalue weighted by Gasteiger charge is -2.21. The molecule has 2 aromatic rings. The van der Waals surface area contributed by atoms with Crippen molar-refractivity contribution in [2.24, 2.45) is 0 Å². The topological polar surface area (TPSA) is 101 Å². The Balaban J connectivity index is 1.89. The minimum Gasteiger partial charge on any atom is -0.495 e. The van der Waals surface area contributed by atoms with Crippen molar-refractivity contribution in [3.63, 3.8) is 0 Å². The second-order valence-electron chi connectivity index (χ2n) is 6.68. The number of ether oxygens (including phenoxy) is 1. The smallest absolute Gasteiger partial charge is 0.275 e. The van der Waals surface area contributed by atoms with E-state index in [1.807, 2.05) is 0 Å². The number of nitrogens with one attached hydrogen (secondary N) is 1. The third-order valence-corrected chi connectivity index (χ3v) is 6.53. The van der Waals surface area contributed by atoms with Gasteiger partial charge >= 0.3 is 0 Å². The first-order valence-electron chi connectivity index (χ1n) is 9.20. The van der Waals surface area contributed by atoms with Crippen LogP contribution in [0.5, 0.6) is 5.75 Å². The molecule has 1 N–H and O–H groups in total. The Morgan fingerprint density at radius 2 is 1.82 bits per heavy atom. The number of nitrogens with zero attached hydrogens (tertiary/aromatic N) is 3. The lowest BCUT2D eigenvalue weighted by molar-refractivity contribution is 0.102. The summed E-state index contributed by atoms with van der Waals surface area (Å²) in [6.45, 7) is 2.79. The molecule has 0 saturated carbocycles. The van der Waals surface area contributed by atoms with Crippen molar-refractivity contribution in [1.29, 1.82) is 0 Å². The Labute approximate surface area is 165 Å². The molecule has 9 heteroatoms. The molecule has 0 atom stereocenters. The van der Waals surface area contributed by atoms with Gasteiger partial charge in [-0.05, 0) is 38.0 Å². The number of aryl methyl sites for hydroxylation is 1. The Morgan fingerprint density at radius 3 is 2.43 bits per heavy atom. The van der Waals surface area contributed by atoms with E-state index in [0.29, 0.717) is 24.5 Å². The average Bonchev–Trinajstić information content (AvgIpc) is 2.98. The summed E-state index contributed by atoms with van der Waals surface area (Å²) < 4.78 is 32.9. The maximum absolute atomic E-state index is 13.0. The van der Waals surface area contributed by atoms with Gasteiger partial charge in [-0.15, -0.1) is 0 Å². The third-order valence-electron chi connectivity index (χ3n) is 4.64. The molecule has 1 aliphatic rings. The van der Waals surface area contributed by atoms with Crippen molar-refractivity contribution in [2.45, 2.75) is 37.5 Å². The van der Waals surface area contributed by atoms with Crippen molar-refractivity contribution in [1.82, 2.24) is 14.3 Å². The minimum atomic E-state index is -3.64. The fourth-order valence-corrected chi connectivity index (χ4v) is 4.62. The third kappa shape index (κ3) is 4.48. The van der Waals surface area contributed by atoms with Gasteiger partial charge in [0.15, 0.2) is 0 Å². The van der Waals surface area contributed by atoms with Gasteiger partial charge in [0, 0.05) is 19.3 Å². The molecule has 1 aromatic heterocycles. The summed E-state index contributed by atoms with van der Waals surface area (Å²) in [6, 6.07) is 4.47. The van der Waals surface area contributed by atoms with Crippen LogP contribution in [0.2, 0.25) is 0 Å². The van der Waals surface area contributed by atoms with E-state index in [4.69, 9.17) is 4.74 Å². The number of hydrogen-bond acceptors (Lipinski definition) is 6. The number of amides is 1. The molecule has 0 aliphatic carbocycles. The molecule has 0 bridgehead atoms. The van der Waals surface area contributed by atoms with E-state index in [2.05, 4.69) is 15.3 Å². The van der Waals surface area contributed by atoms with Gasteiger partial charge < -0.3 is 10.1 Å². The highest BCUT2D eigenvalue weighted by atomic mass is 32.2. The molecule has 2 heterocycles. The first kappa shape index (κ1) is 20.2. The molecule has 1 fully saturated rings. The van der Waals surface area contributed by atoms with E-state index >= 15 is 0 Å². The molecule has 0 unspecified atom stereocenters. The van der Waals surface area contributed by atoms with Crippen LogP contribution in [0.3, 0.4) is 0 Å². The molecule has 8 nitrogen and oxygen atoms in total. The molecule has 1 aliphatic heterocycles.